The quantitative estimate of drug-likeness (QED) is 0.902. The molecule has 2 rings (SSSR count). The molecule has 1 saturated heterocycles. The number of piperidine rings is 1. The first kappa shape index (κ1) is 16.3. The molecule has 1 fully saturated rings. The highest BCUT2D eigenvalue weighted by Gasteiger charge is 2.24. The highest BCUT2D eigenvalue weighted by molar-refractivity contribution is 7.89. The third-order valence-corrected chi connectivity index (χ3v) is 5.27. The lowest BCUT2D eigenvalue weighted by Crippen LogP contribution is -2.39. The zero-order chi connectivity index (χ0) is 15.8. The lowest BCUT2D eigenvalue weighted by molar-refractivity contribution is 0.0682. The van der Waals surface area contributed by atoms with Crippen molar-refractivity contribution in [2.24, 2.45) is 11.1 Å². The van der Waals surface area contributed by atoms with Gasteiger partial charge < -0.3 is 4.90 Å². The van der Waals surface area contributed by atoms with E-state index in [4.69, 9.17) is 16.7 Å². The van der Waals surface area contributed by atoms with Gasteiger partial charge in [0, 0.05) is 18.7 Å². The molecule has 1 heterocycles. The van der Waals surface area contributed by atoms with E-state index in [9.17, 15) is 13.2 Å². The van der Waals surface area contributed by atoms with Crippen LogP contribution < -0.4 is 5.14 Å². The highest BCUT2D eigenvalue weighted by Crippen LogP contribution is 2.27. The lowest BCUT2D eigenvalue weighted by Gasteiger charge is -2.31. The van der Waals surface area contributed by atoms with E-state index in [1.54, 1.807) is 17.9 Å². The smallest absolute Gasteiger partial charge is 0.253 e. The predicted octanol–water partition coefficient (Wildman–Crippen LogP) is 2.17. The molecule has 21 heavy (non-hydrogen) atoms. The summed E-state index contributed by atoms with van der Waals surface area (Å²) >= 11 is 5.98. The van der Waals surface area contributed by atoms with Gasteiger partial charge in [-0.15, -0.1) is 0 Å². The number of rotatable bonds is 2. The number of carbonyl (C=O) groups is 1. The van der Waals surface area contributed by atoms with Crippen LogP contribution in [-0.2, 0) is 10.0 Å². The van der Waals surface area contributed by atoms with E-state index in [-0.39, 0.29) is 15.8 Å². The van der Waals surface area contributed by atoms with Crippen molar-refractivity contribution in [1.29, 1.82) is 0 Å². The Kier molecular flexibility index (Phi) is 4.60. The average molecular weight is 331 g/mol. The number of sulfonamides is 1. The number of benzene rings is 1. The number of carbonyl (C=O) groups excluding carboxylic acids is 1. The summed E-state index contributed by atoms with van der Waals surface area (Å²) in [5.41, 5.74) is 0.839. The molecule has 1 atom stereocenters. The highest BCUT2D eigenvalue weighted by atomic mass is 35.5. The first-order chi connectivity index (χ1) is 9.70. The van der Waals surface area contributed by atoms with Gasteiger partial charge in [-0.25, -0.2) is 13.6 Å². The monoisotopic (exact) mass is 330 g/mol. The van der Waals surface area contributed by atoms with E-state index in [1.165, 1.54) is 6.07 Å². The Hall–Kier alpha value is -1.11. The molecule has 0 radical (unpaired) electrons. The molecule has 2 N–H and O–H groups in total. The molecule has 116 valence electrons. The van der Waals surface area contributed by atoms with Crippen LogP contribution in [0.4, 0.5) is 0 Å². The van der Waals surface area contributed by atoms with Gasteiger partial charge in [0.25, 0.3) is 5.91 Å². The summed E-state index contributed by atoms with van der Waals surface area (Å²) in [6, 6.07) is 2.88. The van der Waals surface area contributed by atoms with Gasteiger partial charge in [0.1, 0.15) is 4.90 Å². The summed E-state index contributed by atoms with van der Waals surface area (Å²) in [5, 5.41) is 5.23. The predicted molar refractivity (Wildman–Crippen MR) is 81.9 cm³/mol. The van der Waals surface area contributed by atoms with Gasteiger partial charge in [0.2, 0.25) is 10.0 Å². The molecular weight excluding hydrogens is 312 g/mol. The lowest BCUT2D eigenvalue weighted by atomic mass is 9.99. The van der Waals surface area contributed by atoms with Crippen LogP contribution in [0.2, 0.25) is 5.02 Å². The van der Waals surface area contributed by atoms with Gasteiger partial charge in [-0.2, -0.15) is 0 Å². The number of amides is 1. The van der Waals surface area contributed by atoms with E-state index in [2.05, 4.69) is 6.92 Å². The maximum Gasteiger partial charge on any atom is 0.253 e. The van der Waals surface area contributed by atoms with E-state index >= 15 is 0 Å². The summed E-state index contributed by atoms with van der Waals surface area (Å²) in [7, 11) is -3.96. The van der Waals surface area contributed by atoms with E-state index in [0.29, 0.717) is 30.1 Å². The minimum Gasteiger partial charge on any atom is -0.338 e. The fraction of sp³-hybridized carbons (Fsp3) is 0.500. The van der Waals surface area contributed by atoms with Gasteiger partial charge in [0.15, 0.2) is 0 Å². The first-order valence-electron chi connectivity index (χ1n) is 6.82. The average Bonchev–Trinajstić information content (AvgIpc) is 2.39. The molecule has 0 spiro atoms. The molecule has 0 saturated carbocycles. The van der Waals surface area contributed by atoms with Gasteiger partial charge >= 0.3 is 0 Å². The summed E-state index contributed by atoms with van der Waals surface area (Å²) in [6.07, 6.45) is 2.06. The van der Waals surface area contributed by atoms with Gasteiger partial charge in [0.05, 0.1) is 5.02 Å². The molecule has 7 heteroatoms. The largest absolute Gasteiger partial charge is 0.338 e. The SMILES string of the molecule is Cc1cc(C(=O)N2CCCC(C)C2)cc(S(N)(=O)=O)c1Cl. The zero-order valence-electron chi connectivity index (χ0n) is 12.1. The van der Waals surface area contributed by atoms with Crippen LogP contribution in [-0.4, -0.2) is 32.3 Å². The Morgan fingerprint density at radius 3 is 2.67 bits per heavy atom. The van der Waals surface area contributed by atoms with Crippen molar-refractivity contribution in [3.63, 3.8) is 0 Å². The third-order valence-electron chi connectivity index (χ3n) is 3.72. The standard InChI is InChI=1S/C14H19ClN2O3S/c1-9-4-3-5-17(8-9)14(18)11-6-10(2)13(15)12(7-11)21(16,19)20/h6-7,9H,3-5,8H2,1-2H3,(H2,16,19,20). The summed E-state index contributed by atoms with van der Waals surface area (Å²) in [5.74, 6) is 0.278. The number of nitrogens with zero attached hydrogens (tertiary/aromatic N) is 1. The van der Waals surface area contributed by atoms with E-state index < -0.39 is 10.0 Å². The Morgan fingerprint density at radius 2 is 2.10 bits per heavy atom. The number of nitrogens with two attached hydrogens (primary N) is 1. The summed E-state index contributed by atoms with van der Waals surface area (Å²) < 4.78 is 23.2. The third kappa shape index (κ3) is 3.56. The number of aryl methyl sites for hydroxylation is 1. The van der Waals surface area contributed by atoms with Crippen LogP contribution in [0, 0.1) is 12.8 Å². The van der Waals surface area contributed by atoms with Crippen molar-refractivity contribution in [3.05, 3.63) is 28.3 Å². The van der Waals surface area contributed by atoms with E-state index in [0.717, 1.165) is 12.8 Å². The van der Waals surface area contributed by atoms with Crippen LogP contribution in [0.15, 0.2) is 17.0 Å². The normalized spacial score (nSPS) is 19.6. The number of primary sulfonamides is 1. The molecular formula is C14H19ClN2O3S. The first-order valence-corrected chi connectivity index (χ1v) is 8.75. The summed E-state index contributed by atoms with van der Waals surface area (Å²) in [4.78, 5) is 14.1. The second kappa shape index (κ2) is 5.94. The van der Waals surface area contributed by atoms with Crippen molar-refractivity contribution < 1.29 is 13.2 Å². The minimum atomic E-state index is -3.96. The Bertz CT molecular complexity index is 673. The number of hydrogen-bond donors (Lipinski definition) is 1. The van der Waals surface area contributed by atoms with Crippen LogP contribution in [0.3, 0.4) is 0 Å². The molecule has 1 aliphatic rings. The van der Waals surface area contributed by atoms with Gasteiger partial charge in [-0.1, -0.05) is 18.5 Å². The Morgan fingerprint density at radius 1 is 1.43 bits per heavy atom. The zero-order valence-corrected chi connectivity index (χ0v) is 13.7. The molecule has 1 aliphatic heterocycles. The maximum absolute atomic E-state index is 12.5. The van der Waals surface area contributed by atoms with Crippen molar-refractivity contribution in [1.82, 2.24) is 4.90 Å². The minimum absolute atomic E-state index is 0.0704. The molecule has 1 amide bonds. The Balaban J connectivity index is 2.40. The second-order valence-corrected chi connectivity index (χ2v) is 7.56. The van der Waals surface area contributed by atoms with E-state index in [1.807, 2.05) is 0 Å². The molecule has 1 unspecified atom stereocenters. The Labute approximate surface area is 130 Å². The second-order valence-electron chi connectivity index (χ2n) is 5.65. The topological polar surface area (TPSA) is 80.5 Å². The molecule has 1 aromatic carbocycles. The number of hydrogen-bond acceptors (Lipinski definition) is 3. The molecule has 1 aromatic rings. The van der Waals surface area contributed by atoms with Crippen LogP contribution in [0.5, 0.6) is 0 Å². The molecule has 0 aromatic heterocycles. The number of halogens is 1. The summed E-state index contributed by atoms with van der Waals surface area (Å²) in [6.45, 7) is 5.13. The van der Waals surface area contributed by atoms with Gasteiger partial charge in [-0.05, 0) is 43.4 Å². The molecule has 0 aliphatic carbocycles. The molecule has 0 bridgehead atoms. The number of likely N-dealkylation sites (tertiary alicyclic amines) is 1. The van der Waals surface area contributed by atoms with Crippen molar-refractivity contribution in [2.45, 2.75) is 31.6 Å². The van der Waals surface area contributed by atoms with Crippen LogP contribution >= 0.6 is 11.6 Å². The van der Waals surface area contributed by atoms with Crippen molar-refractivity contribution in [2.75, 3.05) is 13.1 Å². The maximum atomic E-state index is 12.5. The van der Waals surface area contributed by atoms with Crippen molar-refractivity contribution >= 4 is 27.5 Å². The van der Waals surface area contributed by atoms with Crippen LogP contribution in [0.25, 0.3) is 0 Å². The van der Waals surface area contributed by atoms with Crippen molar-refractivity contribution in [3.8, 4) is 0 Å². The fourth-order valence-electron chi connectivity index (χ4n) is 2.62. The molecule has 5 nitrogen and oxygen atoms in total. The van der Waals surface area contributed by atoms with Crippen LogP contribution in [0.1, 0.15) is 35.7 Å². The fourth-order valence-corrected chi connectivity index (χ4v) is 3.76. The van der Waals surface area contributed by atoms with Gasteiger partial charge in [-0.3, -0.25) is 4.79 Å².